The largest absolute Gasteiger partial charge is 0.444 e. The van der Waals surface area contributed by atoms with Crippen LogP contribution in [0.15, 0.2) is 0 Å². The number of nitrogens with zero attached hydrogens (tertiary/aromatic N) is 1. The fourth-order valence-electron chi connectivity index (χ4n) is 2.04. The van der Waals surface area contributed by atoms with Crippen LogP contribution in [0.3, 0.4) is 0 Å². The Labute approximate surface area is 109 Å². The van der Waals surface area contributed by atoms with Crippen LogP contribution in [-0.2, 0) is 9.53 Å². The minimum absolute atomic E-state index is 0.0805. The highest BCUT2D eigenvalue weighted by Gasteiger charge is 2.34. The van der Waals surface area contributed by atoms with E-state index in [0.29, 0.717) is 19.5 Å². The average Bonchev–Trinajstić information content (AvgIpc) is 2.27. The lowest BCUT2D eigenvalue weighted by molar-refractivity contribution is -0.127. The lowest BCUT2D eigenvalue weighted by Gasteiger charge is -2.35. The molecule has 1 atom stereocenters. The molecule has 0 spiro atoms. The fraction of sp³-hybridized carbons (Fsp3) is 0.846. The van der Waals surface area contributed by atoms with E-state index in [2.05, 4.69) is 5.32 Å². The van der Waals surface area contributed by atoms with E-state index in [0.717, 1.165) is 12.8 Å². The quantitative estimate of drug-likeness (QED) is 0.821. The molecular formula is C13H24N2O3. The van der Waals surface area contributed by atoms with Crippen LogP contribution in [0.1, 0.15) is 47.0 Å². The SMILES string of the molecule is CCNC(=O)[C@H]1CCCCN1C(=O)OC(C)(C)C. The van der Waals surface area contributed by atoms with E-state index in [1.807, 2.05) is 27.7 Å². The van der Waals surface area contributed by atoms with Crippen molar-refractivity contribution in [3.8, 4) is 0 Å². The number of nitrogens with one attached hydrogen (secondary N) is 1. The van der Waals surface area contributed by atoms with Gasteiger partial charge in [0.2, 0.25) is 5.91 Å². The van der Waals surface area contributed by atoms with Gasteiger partial charge in [0.25, 0.3) is 0 Å². The Morgan fingerprint density at radius 2 is 2.00 bits per heavy atom. The van der Waals surface area contributed by atoms with Crippen molar-refractivity contribution in [2.24, 2.45) is 0 Å². The minimum atomic E-state index is -0.527. The summed E-state index contributed by atoms with van der Waals surface area (Å²) in [4.78, 5) is 25.5. The maximum atomic E-state index is 12.1. The van der Waals surface area contributed by atoms with Gasteiger partial charge in [-0.1, -0.05) is 0 Å². The number of rotatable bonds is 2. The maximum Gasteiger partial charge on any atom is 0.410 e. The smallest absolute Gasteiger partial charge is 0.410 e. The van der Waals surface area contributed by atoms with Crippen LogP contribution < -0.4 is 5.32 Å². The summed E-state index contributed by atoms with van der Waals surface area (Å²) >= 11 is 0. The molecule has 0 saturated carbocycles. The first-order valence-electron chi connectivity index (χ1n) is 6.62. The zero-order chi connectivity index (χ0) is 13.8. The molecule has 0 aliphatic carbocycles. The van der Waals surface area contributed by atoms with Crippen LogP contribution >= 0.6 is 0 Å². The molecule has 0 aromatic heterocycles. The fourth-order valence-corrected chi connectivity index (χ4v) is 2.04. The minimum Gasteiger partial charge on any atom is -0.444 e. The number of amides is 2. The lowest BCUT2D eigenvalue weighted by Crippen LogP contribution is -2.53. The average molecular weight is 256 g/mol. The van der Waals surface area contributed by atoms with Gasteiger partial charge in [-0.15, -0.1) is 0 Å². The van der Waals surface area contributed by atoms with Gasteiger partial charge >= 0.3 is 6.09 Å². The first-order valence-corrected chi connectivity index (χ1v) is 6.62. The Bertz CT molecular complexity index is 310. The first kappa shape index (κ1) is 14.8. The van der Waals surface area contributed by atoms with Gasteiger partial charge in [-0.05, 0) is 47.0 Å². The molecule has 0 aromatic carbocycles. The molecule has 1 rings (SSSR count). The molecule has 1 N–H and O–H groups in total. The summed E-state index contributed by atoms with van der Waals surface area (Å²) in [5.74, 6) is -0.0805. The molecule has 0 bridgehead atoms. The summed E-state index contributed by atoms with van der Waals surface area (Å²) < 4.78 is 5.34. The van der Waals surface area contributed by atoms with Crippen LogP contribution in [0.2, 0.25) is 0 Å². The number of likely N-dealkylation sites (tertiary alicyclic amines) is 1. The van der Waals surface area contributed by atoms with E-state index in [9.17, 15) is 9.59 Å². The van der Waals surface area contributed by atoms with Crippen molar-refractivity contribution in [2.45, 2.75) is 58.6 Å². The number of hydrogen-bond acceptors (Lipinski definition) is 3. The number of ether oxygens (including phenoxy) is 1. The summed E-state index contributed by atoms with van der Waals surface area (Å²) in [5.41, 5.74) is -0.527. The molecule has 0 radical (unpaired) electrons. The molecule has 1 aliphatic heterocycles. The Morgan fingerprint density at radius 1 is 1.33 bits per heavy atom. The molecular weight excluding hydrogens is 232 g/mol. The van der Waals surface area contributed by atoms with Gasteiger partial charge in [0.15, 0.2) is 0 Å². The van der Waals surface area contributed by atoms with Crippen molar-refractivity contribution < 1.29 is 14.3 Å². The molecule has 1 heterocycles. The summed E-state index contributed by atoms with van der Waals surface area (Å²) in [5, 5.41) is 2.77. The number of carbonyl (C=O) groups excluding carboxylic acids is 2. The third kappa shape index (κ3) is 4.20. The highest BCUT2D eigenvalue weighted by molar-refractivity contribution is 5.85. The van der Waals surface area contributed by atoms with E-state index in [1.54, 1.807) is 4.90 Å². The predicted octanol–water partition coefficient (Wildman–Crippen LogP) is 1.91. The van der Waals surface area contributed by atoms with Gasteiger partial charge in [0, 0.05) is 13.1 Å². The Kier molecular flexibility index (Phi) is 4.99. The van der Waals surface area contributed by atoms with Crippen molar-refractivity contribution in [3.05, 3.63) is 0 Å². The van der Waals surface area contributed by atoms with Crippen molar-refractivity contribution in [2.75, 3.05) is 13.1 Å². The molecule has 0 unspecified atom stereocenters. The normalized spacial score (nSPS) is 20.4. The second-order valence-electron chi connectivity index (χ2n) is 5.58. The summed E-state index contributed by atoms with van der Waals surface area (Å²) in [6, 6.07) is -0.381. The number of likely N-dealkylation sites (N-methyl/N-ethyl adjacent to an activating group) is 1. The Hall–Kier alpha value is -1.26. The van der Waals surface area contributed by atoms with Crippen LogP contribution in [-0.4, -0.2) is 41.6 Å². The topological polar surface area (TPSA) is 58.6 Å². The predicted molar refractivity (Wildman–Crippen MR) is 69.3 cm³/mol. The van der Waals surface area contributed by atoms with Gasteiger partial charge < -0.3 is 10.1 Å². The standard InChI is InChI=1S/C13H24N2O3/c1-5-14-11(16)10-8-6-7-9-15(10)12(17)18-13(2,3)4/h10H,5-9H2,1-4H3,(H,14,16)/t10-/m1/s1. The molecule has 104 valence electrons. The van der Waals surface area contributed by atoms with Gasteiger partial charge in [0.05, 0.1) is 0 Å². The van der Waals surface area contributed by atoms with Gasteiger partial charge in [-0.3, -0.25) is 9.69 Å². The lowest BCUT2D eigenvalue weighted by atomic mass is 10.0. The summed E-state index contributed by atoms with van der Waals surface area (Å²) in [7, 11) is 0. The summed E-state index contributed by atoms with van der Waals surface area (Å²) in [6.45, 7) is 8.54. The van der Waals surface area contributed by atoms with Crippen LogP contribution in [0.5, 0.6) is 0 Å². The molecule has 1 aliphatic rings. The molecule has 18 heavy (non-hydrogen) atoms. The maximum absolute atomic E-state index is 12.1. The number of carbonyl (C=O) groups is 2. The van der Waals surface area contributed by atoms with E-state index < -0.39 is 11.7 Å². The Morgan fingerprint density at radius 3 is 2.56 bits per heavy atom. The van der Waals surface area contributed by atoms with E-state index in [4.69, 9.17) is 4.74 Å². The monoisotopic (exact) mass is 256 g/mol. The second kappa shape index (κ2) is 6.07. The second-order valence-corrected chi connectivity index (χ2v) is 5.58. The highest BCUT2D eigenvalue weighted by atomic mass is 16.6. The van der Waals surface area contributed by atoms with Gasteiger partial charge in [-0.25, -0.2) is 4.79 Å². The first-order chi connectivity index (χ1) is 8.35. The third-order valence-electron chi connectivity index (χ3n) is 2.78. The van der Waals surface area contributed by atoms with Crippen molar-refractivity contribution >= 4 is 12.0 Å². The highest BCUT2D eigenvalue weighted by Crippen LogP contribution is 2.20. The van der Waals surface area contributed by atoms with E-state index in [-0.39, 0.29) is 11.9 Å². The van der Waals surface area contributed by atoms with Crippen LogP contribution in [0.4, 0.5) is 4.79 Å². The molecule has 1 fully saturated rings. The van der Waals surface area contributed by atoms with Crippen LogP contribution in [0.25, 0.3) is 0 Å². The molecule has 5 heteroatoms. The Balaban J connectivity index is 2.70. The zero-order valence-electron chi connectivity index (χ0n) is 11.8. The van der Waals surface area contributed by atoms with Crippen molar-refractivity contribution in [1.29, 1.82) is 0 Å². The molecule has 2 amide bonds. The number of piperidine rings is 1. The zero-order valence-corrected chi connectivity index (χ0v) is 11.8. The van der Waals surface area contributed by atoms with Gasteiger partial charge in [0.1, 0.15) is 11.6 Å². The molecule has 1 saturated heterocycles. The van der Waals surface area contributed by atoms with Crippen molar-refractivity contribution in [1.82, 2.24) is 10.2 Å². The van der Waals surface area contributed by atoms with Gasteiger partial charge in [-0.2, -0.15) is 0 Å². The van der Waals surface area contributed by atoms with Crippen LogP contribution in [0, 0.1) is 0 Å². The number of hydrogen-bond donors (Lipinski definition) is 1. The summed E-state index contributed by atoms with van der Waals surface area (Å²) in [6.07, 6.45) is 2.22. The van der Waals surface area contributed by atoms with Crippen molar-refractivity contribution in [3.63, 3.8) is 0 Å². The van der Waals surface area contributed by atoms with E-state index in [1.165, 1.54) is 0 Å². The molecule has 0 aromatic rings. The van der Waals surface area contributed by atoms with E-state index >= 15 is 0 Å². The third-order valence-corrected chi connectivity index (χ3v) is 2.78. The molecule has 5 nitrogen and oxygen atoms in total.